The van der Waals surface area contributed by atoms with E-state index in [0.717, 1.165) is 38.3 Å². The van der Waals surface area contributed by atoms with E-state index in [4.69, 9.17) is 0 Å². The van der Waals surface area contributed by atoms with Crippen molar-refractivity contribution in [2.24, 2.45) is 5.92 Å². The van der Waals surface area contributed by atoms with Gasteiger partial charge in [-0.15, -0.1) is 0 Å². The summed E-state index contributed by atoms with van der Waals surface area (Å²) in [5.74, 6) is 0.993. The van der Waals surface area contributed by atoms with Crippen LogP contribution in [0.2, 0.25) is 0 Å². The number of amides is 1. The normalized spacial score (nSPS) is 26.7. The smallest absolute Gasteiger partial charge is 0.296 e. The predicted octanol–water partition coefficient (Wildman–Crippen LogP) is 3.91. The molecule has 1 fully saturated rings. The standard InChI is InChI=1S/C28H33N3O/c1-21-15-17-30(18-16-21)20-26(32)31-28(23-11-6-3-7-12-23)25-14-8-13-24(27(25)29-31)19-22-9-4-2-5-10-22/h2-7,9-12,19,21,28-29H,8,13-18,20H2,1H3/p+1/b24-19+/t28-/m1/s1. The van der Waals surface area contributed by atoms with Gasteiger partial charge in [-0.3, -0.25) is 10.2 Å². The van der Waals surface area contributed by atoms with Crippen LogP contribution in [0.1, 0.15) is 56.2 Å². The van der Waals surface area contributed by atoms with Gasteiger partial charge in [0.15, 0.2) is 6.54 Å². The SMILES string of the molecule is CC1CC[NH+](CC(=O)N2NC3=C(CCC/C3=C\c3ccccc3)[C@H]2c2ccccc2)CC1. The van der Waals surface area contributed by atoms with Gasteiger partial charge in [-0.2, -0.15) is 0 Å². The molecule has 4 heteroatoms. The highest BCUT2D eigenvalue weighted by atomic mass is 16.2. The molecule has 166 valence electrons. The summed E-state index contributed by atoms with van der Waals surface area (Å²) in [6.07, 6.45) is 7.92. The molecule has 0 unspecified atom stereocenters. The maximum Gasteiger partial charge on any atom is 0.296 e. The minimum Gasteiger partial charge on any atom is -0.327 e. The van der Waals surface area contributed by atoms with Crippen molar-refractivity contribution in [2.75, 3.05) is 19.6 Å². The molecule has 0 saturated carbocycles. The molecule has 2 heterocycles. The fourth-order valence-corrected chi connectivity index (χ4v) is 5.42. The zero-order valence-electron chi connectivity index (χ0n) is 19.0. The minimum absolute atomic E-state index is 0.0127. The second kappa shape index (κ2) is 9.33. The van der Waals surface area contributed by atoms with Gasteiger partial charge in [0, 0.05) is 0 Å². The van der Waals surface area contributed by atoms with E-state index in [1.54, 1.807) is 0 Å². The van der Waals surface area contributed by atoms with Gasteiger partial charge < -0.3 is 4.90 Å². The van der Waals surface area contributed by atoms with Crippen LogP contribution in [-0.4, -0.2) is 30.6 Å². The van der Waals surface area contributed by atoms with Crippen LogP contribution in [0.25, 0.3) is 6.08 Å². The molecule has 0 bridgehead atoms. The fraction of sp³-hybridized carbons (Fsp3) is 0.393. The maximum absolute atomic E-state index is 13.6. The Morgan fingerprint density at radius 1 is 1.03 bits per heavy atom. The van der Waals surface area contributed by atoms with Crippen molar-refractivity contribution < 1.29 is 9.69 Å². The van der Waals surface area contributed by atoms with Crippen molar-refractivity contribution in [3.63, 3.8) is 0 Å². The summed E-state index contributed by atoms with van der Waals surface area (Å²) in [7, 11) is 0. The zero-order chi connectivity index (χ0) is 21.9. The number of quaternary nitrogens is 1. The van der Waals surface area contributed by atoms with Gasteiger partial charge in [-0.05, 0) is 66.4 Å². The molecule has 2 aliphatic heterocycles. The van der Waals surface area contributed by atoms with E-state index in [-0.39, 0.29) is 11.9 Å². The number of hydrogen-bond acceptors (Lipinski definition) is 2. The lowest BCUT2D eigenvalue weighted by atomic mass is 9.86. The number of rotatable bonds is 4. The van der Waals surface area contributed by atoms with Crippen molar-refractivity contribution >= 4 is 12.0 Å². The topological polar surface area (TPSA) is 36.8 Å². The van der Waals surface area contributed by atoms with Crippen LogP contribution in [-0.2, 0) is 4.79 Å². The number of nitrogens with zero attached hydrogens (tertiary/aromatic N) is 1. The molecule has 3 aliphatic rings. The van der Waals surface area contributed by atoms with Crippen molar-refractivity contribution in [3.8, 4) is 0 Å². The molecule has 32 heavy (non-hydrogen) atoms. The Labute approximate surface area is 191 Å². The number of benzene rings is 2. The predicted molar refractivity (Wildman–Crippen MR) is 128 cm³/mol. The minimum atomic E-state index is -0.0127. The molecule has 0 spiro atoms. The Kier molecular flexibility index (Phi) is 6.13. The Bertz CT molecular complexity index is 1000. The highest BCUT2D eigenvalue weighted by Crippen LogP contribution is 2.43. The van der Waals surface area contributed by atoms with E-state index < -0.39 is 0 Å². The first-order valence-corrected chi connectivity index (χ1v) is 12.2. The third-order valence-corrected chi connectivity index (χ3v) is 7.26. The molecule has 1 amide bonds. The lowest BCUT2D eigenvalue weighted by Gasteiger charge is -2.31. The summed E-state index contributed by atoms with van der Waals surface area (Å²) >= 11 is 0. The number of carbonyl (C=O) groups excluding carboxylic acids is 1. The summed E-state index contributed by atoms with van der Waals surface area (Å²) in [5, 5.41) is 1.94. The summed E-state index contributed by atoms with van der Waals surface area (Å²) in [6, 6.07) is 21.0. The molecule has 0 aromatic heterocycles. The van der Waals surface area contributed by atoms with Gasteiger partial charge >= 0.3 is 0 Å². The van der Waals surface area contributed by atoms with Crippen LogP contribution in [0.5, 0.6) is 0 Å². The third-order valence-electron chi connectivity index (χ3n) is 7.26. The molecular formula is C28H34N3O+. The Balaban J connectivity index is 1.45. The second-order valence-electron chi connectivity index (χ2n) is 9.63. The summed E-state index contributed by atoms with van der Waals surface area (Å²) in [6.45, 7) is 5.10. The average molecular weight is 429 g/mol. The molecule has 4 nitrogen and oxygen atoms in total. The number of hydrogen-bond donors (Lipinski definition) is 2. The number of carbonyl (C=O) groups is 1. The van der Waals surface area contributed by atoms with Crippen LogP contribution in [0.4, 0.5) is 0 Å². The van der Waals surface area contributed by atoms with Gasteiger partial charge in [-0.1, -0.05) is 67.6 Å². The average Bonchev–Trinajstić information content (AvgIpc) is 3.23. The largest absolute Gasteiger partial charge is 0.327 e. The van der Waals surface area contributed by atoms with Gasteiger partial charge in [0.25, 0.3) is 5.91 Å². The van der Waals surface area contributed by atoms with Crippen molar-refractivity contribution in [1.82, 2.24) is 10.4 Å². The van der Waals surface area contributed by atoms with Crippen LogP contribution in [0, 0.1) is 5.92 Å². The van der Waals surface area contributed by atoms with Crippen molar-refractivity contribution in [1.29, 1.82) is 0 Å². The molecule has 2 aromatic rings. The first-order valence-electron chi connectivity index (χ1n) is 12.2. The van der Waals surface area contributed by atoms with E-state index >= 15 is 0 Å². The molecule has 1 aliphatic carbocycles. The van der Waals surface area contributed by atoms with E-state index in [1.807, 2.05) is 11.1 Å². The van der Waals surface area contributed by atoms with E-state index in [9.17, 15) is 4.79 Å². The summed E-state index contributed by atoms with van der Waals surface area (Å²) in [4.78, 5) is 15.0. The second-order valence-corrected chi connectivity index (χ2v) is 9.63. The quantitative estimate of drug-likeness (QED) is 0.775. The van der Waals surface area contributed by atoms with Crippen LogP contribution in [0.15, 0.2) is 77.5 Å². The van der Waals surface area contributed by atoms with Crippen molar-refractivity contribution in [3.05, 3.63) is 88.6 Å². The lowest BCUT2D eigenvalue weighted by Crippen LogP contribution is -3.14. The molecular weight excluding hydrogens is 394 g/mol. The Hall–Kier alpha value is -2.85. The summed E-state index contributed by atoms with van der Waals surface area (Å²) in [5.41, 5.74) is 9.85. The van der Waals surface area contributed by atoms with Gasteiger partial charge in [-0.25, -0.2) is 5.01 Å². The van der Waals surface area contributed by atoms with E-state index in [2.05, 4.69) is 73.0 Å². The Morgan fingerprint density at radius 3 is 2.44 bits per heavy atom. The number of hydrazine groups is 1. The first kappa shape index (κ1) is 21.0. The number of likely N-dealkylation sites (tertiary alicyclic amines) is 1. The third kappa shape index (κ3) is 4.37. The Morgan fingerprint density at radius 2 is 1.72 bits per heavy atom. The lowest BCUT2D eigenvalue weighted by molar-refractivity contribution is -0.898. The van der Waals surface area contributed by atoms with E-state index in [0.29, 0.717) is 6.54 Å². The molecule has 5 rings (SSSR count). The number of piperidine rings is 1. The number of allylic oxidation sites excluding steroid dienone is 1. The van der Waals surface area contributed by atoms with Gasteiger partial charge in [0.1, 0.15) is 6.04 Å². The van der Waals surface area contributed by atoms with Crippen LogP contribution in [0.3, 0.4) is 0 Å². The molecule has 2 aromatic carbocycles. The molecule has 2 N–H and O–H groups in total. The molecule has 1 atom stereocenters. The maximum atomic E-state index is 13.6. The fourth-order valence-electron chi connectivity index (χ4n) is 5.42. The van der Waals surface area contributed by atoms with E-state index in [1.165, 1.54) is 45.7 Å². The van der Waals surface area contributed by atoms with Gasteiger partial charge in [0.2, 0.25) is 0 Å². The van der Waals surface area contributed by atoms with Crippen LogP contribution < -0.4 is 10.3 Å². The van der Waals surface area contributed by atoms with Crippen LogP contribution >= 0.6 is 0 Å². The van der Waals surface area contributed by atoms with Gasteiger partial charge in [0.05, 0.1) is 18.8 Å². The zero-order valence-corrected chi connectivity index (χ0v) is 19.0. The first-order chi connectivity index (χ1) is 15.7. The highest BCUT2D eigenvalue weighted by Gasteiger charge is 2.40. The van der Waals surface area contributed by atoms with Crippen molar-refractivity contribution in [2.45, 2.75) is 45.1 Å². The monoisotopic (exact) mass is 428 g/mol. The molecule has 0 radical (unpaired) electrons. The molecule has 1 saturated heterocycles. The number of nitrogens with one attached hydrogen (secondary N) is 2. The highest BCUT2D eigenvalue weighted by molar-refractivity contribution is 5.79. The summed E-state index contributed by atoms with van der Waals surface area (Å²) < 4.78 is 0.